The first kappa shape index (κ1) is 15.9. The van der Waals surface area contributed by atoms with Crippen LogP contribution in [0.1, 0.15) is 17.3 Å². The second-order valence-electron chi connectivity index (χ2n) is 5.31. The van der Waals surface area contributed by atoms with Gasteiger partial charge in [0.15, 0.2) is 12.4 Å². The summed E-state index contributed by atoms with van der Waals surface area (Å²) in [4.78, 5) is 25.8. The molecule has 0 radical (unpaired) electrons. The Morgan fingerprint density at radius 2 is 2.00 bits per heavy atom. The van der Waals surface area contributed by atoms with Crippen molar-refractivity contribution < 1.29 is 19.1 Å². The molecule has 1 aliphatic rings. The number of anilines is 2. The molecule has 1 N–H and O–H groups in total. The summed E-state index contributed by atoms with van der Waals surface area (Å²) < 4.78 is 10.9. The minimum atomic E-state index is -0.293. The Balaban J connectivity index is 1.82. The van der Waals surface area contributed by atoms with Gasteiger partial charge in [-0.15, -0.1) is 0 Å². The molecule has 24 heavy (non-hydrogen) atoms. The molecule has 1 aliphatic heterocycles. The van der Waals surface area contributed by atoms with Gasteiger partial charge >= 0.3 is 0 Å². The van der Waals surface area contributed by atoms with Crippen LogP contribution in [0.4, 0.5) is 11.4 Å². The van der Waals surface area contributed by atoms with E-state index in [1.165, 1.54) is 4.90 Å². The van der Waals surface area contributed by atoms with Gasteiger partial charge in [-0.1, -0.05) is 6.07 Å². The Morgan fingerprint density at radius 1 is 1.25 bits per heavy atom. The molecule has 2 aromatic rings. The number of hydrogen-bond donors (Lipinski definition) is 1. The number of amides is 2. The third-order valence-electron chi connectivity index (χ3n) is 3.74. The summed E-state index contributed by atoms with van der Waals surface area (Å²) in [6.07, 6.45) is 0. The van der Waals surface area contributed by atoms with E-state index >= 15 is 0 Å². The van der Waals surface area contributed by atoms with Crippen molar-refractivity contribution in [1.29, 1.82) is 0 Å². The van der Waals surface area contributed by atoms with E-state index in [1.54, 1.807) is 49.5 Å². The number of nitrogens with zero attached hydrogens (tertiary/aromatic N) is 1. The third kappa shape index (κ3) is 3.03. The van der Waals surface area contributed by atoms with Crippen molar-refractivity contribution in [3.8, 4) is 11.5 Å². The van der Waals surface area contributed by atoms with Crippen molar-refractivity contribution in [2.45, 2.75) is 6.92 Å². The number of carbonyl (C=O) groups is 2. The third-order valence-corrected chi connectivity index (χ3v) is 3.74. The molecule has 0 fully saturated rings. The second kappa shape index (κ2) is 6.62. The highest BCUT2D eigenvalue weighted by Crippen LogP contribution is 2.34. The van der Waals surface area contributed by atoms with Gasteiger partial charge in [-0.3, -0.25) is 9.59 Å². The number of nitrogens with one attached hydrogen (secondary N) is 1. The molecule has 0 aliphatic carbocycles. The van der Waals surface area contributed by atoms with E-state index in [2.05, 4.69) is 5.32 Å². The fourth-order valence-corrected chi connectivity index (χ4v) is 2.48. The van der Waals surface area contributed by atoms with Gasteiger partial charge in [0.1, 0.15) is 5.75 Å². The van der Waals surface area contributed by atoms with Crippen molar-refractivity contribution in [1.82, 2.24) is 0 Å². The number of para-hydroxylation sites is 1. The molecule has 3 rings (SSSR count). The Hall–Kier alpha value is -3.02. The van der Waals surface area contributed by atoms with Crippen LogP contribution in [0.3, 0.4) is 0 Å². The zero-order valence-electron chi connectivity index (χ0n) is 13.5. The predicted octanol–water partition coefficient (Wildman–Crippen LogP) is 2.69. The molecule has 0 bridgehead atoms. The number of carbonyl (C=O) groups excluding carboxylic acids is 2. The fourth-order valence-electron chi connectivity index (χ4n) is 2.48. The number of rotatable bonds is 4. The van der Waals surface area contributed by atoms with E-state index in [1.807, 2.05) is 6.92 Å². The molecule has 124 valence electrons. The minimum absolute atomic E-state index is 0.0726. The maximum absolute atomic E-state index is 12.6. The molecule has 2 aromatic carbocycles. The molecule has 0 atom stereocenters. The lowest BCUT2D eigenvalue weighted by atomic mass is 10.1. The lowest BCUT2D eigenvalue weighted by molar-refractivity contribution is -0.121. The van der Waals surface area contributed by atoms with Gasteiger partial charge in [0.2, 0.25) is 0 Å². The Kier molecular flexibility index (Phi) is 4.37. The van der Waals surface area contributed by atoms with Gasteiger partial charge in [-0.25, -0.2) is 0 Å². The van der Waals surface area contributed by atoms with Crippen molar-refractivity contribution in [3.05, 3.63) is 48.0 Å². The topological polar surface area (TPSA) is 67.9 Å². The largest absolute Gasteiger partial charge is 0.494 e. The fraction of sp³-hybridized carbons (Fsp3) is 0.222. The molecular weight excluding hydrogens is 308 g/mol. The van der Waals surface area contributed by atoms with Gasteiger partial charge < -0.3 is 19.7 Å². The van der Waals surface area contributed by atoms with Crippen molar-refractivity contribution in [2.24, 2.45) is 0 Å². The number of likely N-dealkylation sites (N-methyl/N-ethyl adjacent to an activating group) is 1. The molecule has 1 heterocycles. The van der Waals surface area contributed by atoms with E-state index in [0.717, 1.165) is 5.75 Å². The SMILES string of the molecule is CCOc1ccc(NC(=O)c2cccc3c2OCC(=O)N3C)cc1. The molecule has 0 aromatic heterocycles. The van der Waals surface area contributed by atoms with Crippen LogP contribution in [0.5, 0.6) is 11.5 Å². The van der Waals surface area contributed by atoms with Crippen LogP contribution in [0.2, 0.25) is 0 Å². The van der Waals surface area contributed by atoms with Crippen LogP contribution in [0, 0.1) is 0 Å². The first-order valence-corrected chi connectivity index (χ1v) is 7.66. The first-order chi connectivity index (χ1) is 11.6. The van der Waals surface area contributed by atoms with Crippen LogP contribution in [0.15, 0.2) is 42.5 Å². The Bertz CT molecular complexity index is 771. The minimum Gasteiger partial charge on any atom is -0.494 e. The monoisotopic (exact) mass is 326 g/mol. The summed E-state index contributed by atoms with van der Waals surface area (Å²) in [7, 11) is 1.66. The average Bonchev–Trinajstić information content (AvgIpc) is 2.60. The van der Waals surface area contributed by atoms with Crippen molar-refractivity contribution >= 4 is 23.2 Å². The quantitative estimate of drug-likeness (QED) is 0.938. The molecule has 0 spiro atoms. The first-order valence-electron chi connectivity index (χ1n) is 7.66. The molecule has 0 unspecified atom stereocenters. The smallest absolute Gasteiger partial charge is 0.264 e. The summed E-state index contributed by atoms with van der Waals surface area (Å²) >= 11 is 0. The molecule has 0 saturated carbocycles. The summed E-state index contributed by atoms with van der Waals surface area (Å²) in [6, 6.07) is 12.3. The molecule has 6 heteroatoms. The van der Waals surface area contributed by atoms with E-state index in [0.29, 0.717) is 29.3 Å². The number of ether oxygens (including phenoxy) is 2. The highest BCUT2D eigenvalue weighted by Gasteiger charge is 2.26. The molecule has 2 amide bonds. The van der Waals surface area contributed by atoms with E-state index in [4.69, 9.17) is 9.47 Å². The van der Waals surface area contributed by atoms with Gasteiger partial charge in [0, 0.05) is 12.7 Å². The van der Waals surface area contributed by atoms with Gasteiger partial charge in [0.25, 0.3) is 11.8 Å². The summed E-state index contributed by atoms with van der Waals surface area (Å²) in [5, 5.41) is 2.83. The van der Waals surface area contributed by atoms with E-state index in [9.17, 15) is 9.59 Å². The molecular formula is C18H18N2O4. The number of hydrogen-bond acceptors (Lipinski definition) is 4. The van der Waals surface area contributed by atoms with E-state index < -0.39 is 0 Å². The van der Waals surface area contributed by atoms with Crippen LogP contribution < -0.4 is 19.7 Å². The van der Waals surface area contributed by atoms with Crippen molar-refractivity contribution in [2.75, 3.05) is 30.5 Å². The van der Waals surface area contributed by atoms with Crippen LogP contribution >= 0.6 is 0 Å². The zero-order chi connectivity index (χ0) is 17.1. The lowest BCUT2D eigenvalue weighted by Crippen LogP contribution is -2.36. The lowest BCUT2D eigenvalue weighted by Gasteiger charge is -2.27. The van der Waals surface area contributed by atoms with Gasteiger partial charge in [-0.2, -0.15) is 0 Å². The zero-order valence-corrected chi connectivity index (χ0v) is 13.5. The standard InChI is InChI=1S/C18H18N2O4/c1-3-23-13-9-7-12(8-10-13)19-18(22)14-5-4-6-15-17(14)24-11-16(21)20(15)2/h4-10H,3,11H2,1-2H3,(H,19,22). The van der Waals surface area contributed by atoms with Gasteiger partial charge in [-0.05, 0) is 43.3 Å². The van der Waals surface area contributed by atoms with Crippen LogP contribution in [-0.2, 0) is 4.79 Å². The highest BCUT2D eigenvalue weighted by atomic mass is 16.5. The maximum atomic E-state index is 12.6. The predicted molar refractivity (Wildman–Crippen MR) is 90.9 cm³/mol. The normalized spacial score (nSPS) is 13.1. The number of benzene rings is 2. The second-order valence-corrected chi connectivity index (χ2v) is 5.31. The summed E-state index contributed by atoms with van der Waals surface area (Å²) in [6.45, 7) is 2.43. The summed E-state index contributed by atoms with van der Waals surface area (Å²) in [5.74, 6) is 0.726. The van der Waals surface area contributed by atoms with Crippen molar-refractivity contribution in [3.63, 3.8) is 0 Å². The number of fused-ring (bicyclic) bond motifs is 1. The highest BCUT2D eigenvalue weighted by molar-refractivity contribution is 6.09. The molecule has 0 saturated heterocycles. The van der Waals surface area contributed by atoms with Gasteiger partial charge in [0.05, 0.1) is 17.9 Å². The Morgan fingerprint density at radius 3 is 2.71 bits per heavy atom. The average molecular weight is 326 g/mol. The molecule has 6 nitrogen and oxygen atoms in total. The van der Waals surface area contributed by atoms with Crippen LogP contribution in [0.25, 0.3) is 0 Å². The van der Waals surface area contributed by atoms with Crippen LogP contribution in [-0.4, -0.2) is 32.1 Å². The Labute approximate surface area is 140 Å². The maximum Gasteiger partial charge on any atom is 0.264 e. The summed E-state index contributed by atoms with van der Waals surface area (Å²) in [5.41, 5.74) is 1.63. The van der Waals surface area contributed by atoms with E-state index in [-0.39, 0.29) is 18.4 Å².